The molecule has 1 aliphatic heterocycles. The number of halogens is 2. The smallest absolute Gasteiger partial charge is 0.326 e. The molecule has 2 amide bonds. The number of carbonyl (C=O) groups is 3. The Balaban J connectivity index is 1.90. The summed E-state index contributed by atoms with van der Waals surface area (Å²) in [6.07, 6.45) is 8.05. The fourth-order valence-electron chi connectivity index (χ4n) is 3.42. The molecule has 0 spiro atoms. The SMILES string of the molecule is CCCCC(NC(=O)C1CCN(C(=O)C=Cc2ccc(SC)c(Cl)c2Cl)CC1)C(=O)O. The second kappa shape index (κ2) is 12.4. The number of nitrogens with one attached hydrogen (secondary N) is 1. The van der Waals surface area contributed by atoms with E-state index in [1.807, 2.05) is 25.3 Å². The van der Waals surface area contributed by atoms with Gasteiger partial charge in [-0.25, -0.2) is 4.79 Å². The molecule has 1 aromatic rings. The lowest BCUT2D eigenvalue weighted by Crippen LogP contribution is -2.47. The van der Waals surface area contributed by atoms with Crippen LogP contribution in [-0.4, -0.2) is 53.2 Å². The standard InChI is InChI=1S/C22H28Cl2N2O4S/c1-3-4-5-16(22(29)30)25-21(28)15-10-12-26(13-11-15)18(27)9-7-14-6-8-17(31-2)20(24)19(14)23/h6-9,15-16H,3-5,10-13H2,1-2H3,(H,25,28)(H,29,30). The third-order valence-corrected chi connectivity index (χ3v) is 7.13. The van der Waals surface area contributed by atoms with Crippen LogP contribution in [0.25, 0.3) is 6.08 Å². The lowest BCUT2D eigenvalue weighted by molar-refractivity contribution is -0.143. The number of thioether (sulfide) groups is 1. The van der Waals surface area contributed by atoms with Gasteiger partial charge in [0.2, 0.25) is 11.8 Å². The average molecular weight is 487 g/mol. The van der Waals surface area contributed by atoms with Crippen LogP contribution in [0, 0.1) is 5.92 Å². The third-order valence-electron chi connectivity index (χ3n) is 5.34. The molecule has 2 N–H and O–H groups in total. The zero-order chi connectivity index (χ0) is 23.0. The summed E-state index contributed by atoms with van der Waals surface area (Å²) in [5.41, 5.74) is 0.666. The van der Waals surface area contributed by atoms with Gasteiger partial charge in [0.05, 0.1) is 10.0 Å². The molecule has 1 aliphatic rings. The van der Waals surface area contributed by atoms with Crippen LogP contribution in [0.4, 0.5) is 0 Å². The summed E-state index contributed by atoms with van der Waals surface area (Å²) in [5.74, 6) is -1.71. The van der Waals surface area contributed by atoms with Crippen molar-refractivity contribution in [3.63, 3.8) is 0 Å². The number of likely N-dealkylation sites (tertiary alicyclic amines) is 1. The molecule has 0 aliphatic carbocycles. The first-order chi connectivity index (χ1) is 14.8. The van der Waals surface area contributed by atoms with Gasteiger partial charge in [-0.05, 0) is 43.2 Å². The maximum Gasteiger partial charge on any atom is 0.326 e. The number of nitrogens with zero attached hydrogens (tertiary/aromatic N) is 1. The molecular weight excluding hydrogens is 459 g/mol. The average Bonchev–Trinajstić information content (AvgIpc) is 2.77. The van der Waals surface area contributed by atoms with Crippen LogP contribution >= 0.6 is 35.0 Å². The van der Waals surface area contributed by atoms with Gasteiger partial charge in [0.15, 0.2) is 0 Å². The Kier molecular flexibility index (Phi) is 10.2. The van der Waals surface area contributed by atoms with Crippen molar-refractivity contribution in [3.05, 3.63) is 33.8 Å². The number of hydrogen-bond donors (Lipinski definition) is 2. The first-order valence-corrected chi connectivity index (χ1v) is 12.3. The Labute approximate surface area is 197 Å². The minimum absolute atomic E-state index is 0.161. The third kappa shape index (κ3) is 7.16. The zero-order valence-electron chi connectivity index (χ0n) is 17.7. The number of aliphatic carboxylic acids is 1. The van der Waals surface area contributed by atoms with Gasteiger partial charge in [-0.1, -0.05) is 49.0 Å². The van der Waals surface area contributed by atoms with E-state index in [0.717, 1.165) is 17.7 Å². The number of hydrogen-bond acceptors (Lipinski definition) is 4. The van der Waals surface area contributed by atoms with Crippen molar-refractivity contribution in [2.75, 3.05) is 19.3 Å². The number of carbonyl (C=O) groups excluding carboxylic acids is 2. The number of unbranched alkanes of at least 4 members (excludes halogenated alkanes) is 1. The number of amides is 2. The van der Waals surface area contributed by atoms with Crippen LogP contribution in [0.1, 0.15) is 44.6 Å². The monoisotopic (exact) mass is 486 g/mol. The van der Waals surface area contributed by atoms with E-state index in [-0.39, 0.29) is 17.7 Å². The van der Waals surface area contributed by atoms with E-state index in [1.54, 1.807) is 11.0 Å². The molecule has 0 aromatic heterocycles. The van der Waals surface area contributed by atoms with Gasteiger partial charge < -0.3 is 15.3 Å². The van der Waals surface area contributed by atoms with E-state index < -0.39 is 12.0 Å². The lowest BCUT2D eigenvalue weighted by Gasteiger charge is -2.31. The van der Waals surface area contributed by atoms with Crippen LogP contribution in [0.15, 0.2) is 23.1 Å². The predicted molar refractivity (Wildman–Crippen MR) is 126 cm³/mol. The molecule has 0 saturated carbocycles. The minimum atomic E-state index is -1.01. The molecule has 1 heterocycles. The molecule has 0 radical (unpaired) electrons. The number of carboxylic acid groups (broad SMARTS) is 1. The molecule has 2 rings (SSSR count). The van der Waals surface area contributed by atoms with Crippen molar-refractivity contribution in [1.82, 2.24) is 10.2 Å². The second-order valence-electron chi connectivity index (χ2n) is 7.46. The Hall–Kier alpha value is -1.70. The maximum absolute atomic E-state index is 12.5. The quantitative estimate of drug-likeness (QED) is 0.389. The first kappa shape index (κ1) is 25.6. The van der Waals surface area contributed by atoms with Gasteiger partial charge in [0.25, 0.3) is 0 Å². The van der Waals surface area contributed by atoms with Gasteiger partial charge in [0, 0.05) is 30.0 Å². The molecule has 170 valence electrons. The van der Waals surface area contributed by atoms with Gasteiger partial charge in [-0.3, -0.25) is 9.59 Å². The van der Waals surface area contributed by atoms with Crippen molar-refractivity contribution in [2.24, 2.45) is 5.92 Å². The summed E-state index contributed by atoms with van der Waals surface area (Å²) in [4.78, 5) is 38.9. The van der Waals surface area contributed by atoms with Crippen LogP contribution in [-0.2, 0) is 14.4 Å². The molecule has 9 heteroatoms. The maximum atomic E-state index is 12.5. The van der Waals surface area contributed by atoms with Crippen LogP contribution < -0.4 is 5.32 Å². The number of benzene rings is 1. The van der Waals surface area contributed by atoms with Crippen molar-refractivity contribution in [1.29, 1.82) is 0 Å². The van der Waals surface area contributed by atoms with Gasteiger partial charge in [-0.15, -0.1) is 11.8 Å². The summed E-state index contributed by atoms with van der Waals surface area (Å²) < 4.78 is 0. The van der Waals surface area contributed by atoms with Gasteiger partial charge in [0.1, 0.15) is 6.04 Å². The van der Waals surface area contributed by atoms with E-state index in [4.69, 9.17) is 23.2 Å². The number of carboxylic acids is 1. The predicted octanol–water partition coefficient (Wildman–Crippen LogP) is 4.73. The van der Waals surface area contributed by atoms with E-state index in [1.165, 1.54) is 17.8 Å². The Bertz CT molecular complexity index is 839. The topological polar surface area (TPSA) is 86.7 Å². The van der Waals surface area contributed by atoms with Crippen LogP contribution in [0.2, 0.25) is 10.0 Å². The number of piperidine rings is 1. The fourth-order valence-corrected chi connectivity index (χ4v) is 4.59. The highest BCUT2D eigenvalue weighted by Crippen LogP contribution is 2.35. The van der Waals surface area contributed by atoms with Crippen molar-refractivity contribution in [2.45, 2.75) is 50.0 Å². The van der Waals surface area contributed by atoms with Gasteiger partial charge in [-0.2, -0.15) is 0 Å². The zero-order valence-corrected chi connectivity index (χ0v) is 20.0. The minimum Gasteiger partial charge on any atom is -0.480 e. The van der Waals surface area contributed by atoms with E-state index in [2.05, 4.69) is 5.32 Å². The summed E-state index contributed by atoms with van der Waals surface area (Å²) in [6.45, 7) is 2.85. The normalized spacial score (nSPS) is 15.8. The molecule has 6 nitrogen and oxygen atoms in total. The molecule has 31 heavy (non-hydrogen) atoms. The highest BCUT2D eigenvalue weighted by molar-refractivity contribution is 7.98. The largest absolute Gasteiger partial charge is 0.480 e. The van der Waals surface area contributed by atoms with E-state index in [9.17, 15) is 19.5 Å². The Morgan fingerprint density at radius 2 is 1.94 bits per heavy atom. The lowest BCUT2D eigenvalue weighted by atomic mass is 9.95. The molecule has 1 saturated heterocycles. The molecule has 1 fully saturated rings. The molecule has 1 atom stereocenters. The summed E-state index contributed by atoms with van der Waals surface area (Å²) in [6, 6.07) is 2.82. The molecule has 1 aromatic carbocycles. The summed E-state index contributed by atoms with van der Waals surface area (Å²) in [5, 5.41) is 12.8. The highest BCUT2D eigenvalue weighted by atomic mass is 35.5. The second-order valence-corrected chi connectivity index (χ2v) is 9.06. The fraction of sp³-hybridized carbons (Fsp3) is 0.500. The Morgan fingerprint density at radius 3 is 2.52 bits per heavy atom. The summed E-state index contributed by atoms with van der Waals surface area (Å²) >= 11 is 14.0. The van der Waals surface area contributed by atoms with Crippen LogP contribution in [0.3, 0.4) is 0 Å². The summed E-state index contributed by atoms with van der Waals surface area (Å²) in [7, 11) is 0. The highest BCUT2D eigenvalue weighted by Gasteiger charge is 2.29. The molecule has 1 unspecified atom stereocenters. The van der Waals surface area contributed by atoms with E-state index >= 15 is 0 Å². The van der Waals surface area contributed by atoms with Crippen LogP contribution in [0.5, 0.6) is 0 Å². The number of rotatable bonds is 9. The van der Waals surface area contributed by atoms with Crippen molar-refractivity contribution in [3.8, 4) is 0 Å². The first-order valence-electron chi connectivity index (χ1n) is 10.3. The van der Waals surface area contributed by atoms with Crippen molar-refractivity contribution < 1.29 is 19.5 Å². The Morgan fingerprint density at radius 1 is 1.26 bits per heavy atom. The van der Waals surface area contributed by atoms with Gasteiger partial charge >= 0.3 is 5.97 Å². The van der Waals surface area contributed by atoms with Crippen molar-refractivity contribution >= 4 is 58.8 Å². The molecular formula is C22H28Cl2N2O4S. The van der Waals surface area contributed by atoms with E-state index in [0.29, 0.717) is 48.0 Å². The molecule has 0 bridgehead atoms.